The van der Waals surface area contributed by atoms with Crippen LogP contribution in [-0.4, -0.2) is 36.8 Å². The number of amides is 1. The molecular formula is C22H24N2O3S. The van der Waals surface area contributed by atoms with E-state index in [0.29, 0.717) is 24.5 Å². The van der Waals surface area contributed by atoms with E-state index in [-0.39, 0.29) is 12.0 Å². The van der Waals surface area contributed by atoms with Gasteiger partial charge >= 0.3 is 0 Å². The highest BCUT2D eigenvalue weighted by Crippen LogP contribution is 2.22. The Balaban J connectivity index is 1.23. The van der Waals surface area contributed by atoms with Crippen molar-refractivity contribution in [2.24, 2.45) is 0 Å². The summed E-state index contributed by atoms with van der Waals surface area (Å²) in [5, 5.41) is 4.10. The van der Waals surface area contributed by atoms with Gasteiger partial charge in [-0.15, -0.1) is 11.3 Å². The SMILES string of the molecule is O=C(NCCCc1nc2ccccc2s1)c1cccc(OCC2CCCO2)c1. The van der Waals surface area contributed by atoms with Crippen LogP contribution in [0, 0.1) is 0 Å². The molecule has 1 atom stereocenters. The van der Waals surface area contributed by atoms with Crippen LogP contribution in [0.1, 0.15) is 34.6 Å². The zero-order valence-corrected chi connectivity index (χ0v) is 16.5. The summed E-state index contributed by atoms with van der Waals surface area (Å²) in [4.78, 5) is 17.0. The monoisotopic (exact) mass is 396 g/mol. The van der Waals surface area contributed by atoms with Crippen LogP contribution < -0.4 is 10.1 Å². The summed E-state index contributed by atoms with van der Waals surface area (Å²) in [5.41, 5.74) is 1.66. The number of nitrogens with one attached hydrogen (secondary N) is 1. The van der Waals surface area contributed by atoms with Gasteiger partial charge in [0.2, 0.25) is 0 Å². The van der Waals surface area contributed by atoms with Gasteiger partial charge in [-0.3, -0.25) is 4.79 Å². The van der Waals surface area contributed by atoms with Crippen molar-refractivity contribution in [2.45, 2.75) is 31.8 Å². The summed E-state index contributed by atoms with van der Waals surface area (Å²) in [5.74, 6) is 0.629. The molecule has 1 unspecified atom stereocenters. The summed E-state index contributed by atoms with van der Waals surface area (Å²) in [7, 11) is 0. The lowest BCUT2D eigenvalue weighted by Gasteiger charge is -2.12. The minimum Gasteiger partial charge on any atom is -0.491 e. The minimum absolute atomic E-state index is 0.0770. The van der Waals surface area contributed by atoms with E-state index in [2.05, 4.69) is 16.4 Å². The number of benzene rings is 2. The van der Waals surface area contributed by atoms with Crippen molar-refractivity contribution in [1.29, 1.82) is 0 Å². The quantitative estimate of drug-likeness (QED) is 0.579. The van der Waals surface area contributed by atoms with Gasteiger partial charge in [-0.05, 0) is 49.6 Å². The summed E-state index contributed by atoms with van der Waals surface area (Å²) in [6.07, 6.45) is 4.02. The lowest BCUT2D eigenvalue weighted by atomic mass is 10.2. The van der Waals surface area contributed by atoms with Crippen LogP contribution in [0.5, 0.6) is 5.75 Å². The van der Waals surface area contributed by atoms with Crippen LogP contribution in [0.4, 0.5) is 0 Å². The van der Waals surface area contributed by atoms with Crippen LogP contribution in [0.3, 0.4) is 0 Å². The fraction of sp³-hybridized carbons (Fsp3) is 0.364. The summed E-state index contributed by atoms with van der Waals surface area (Å²) < 4.78 is 12.6. The average molecular weight is 397 g/mol. The van der Waals surface area contributed by atoms with Crippen molar-refractivity contribution < 1.29 is 14.3 Å². The standard InChI is InChI=1S/C22H24N2O3S/c25-22(16-6-3-7-17(14-16)27-15-18-8-5-13-26-18)23-12-4-11-21-24-19-9-1-2-10-20(19)28-21/h1-3,6-7,9-10,14,18H,4-5,8,11-13,15H2,(H,23,25). The molecule has 0 radical (unpaired) electrons. The van der Waals surface area contributed by atoms with Crippen LogP contribution in [0.2, 0.25) is 0 Å². The molecule has 0 bridgehead atoms. The molecule has 1 amide bonds. The van der Waals surface area contributed by atoms with Crippen molar-refractivity contribution >= 4 is 27.5 Å². The Bertz CT molecular complexity index is 901. The van der Waals surface area contributed by atoms with Crippen LogP contribution in [0.25, 0.3) is 10.2 Å². The van der Waals surface area contributed by atoms with Crippen LogP contribution >= 0.6 is 11.3 Å². The molecule has 0 spiro atoms. The summed E-state index contributed by atoms with van der Waals surface area (Å²) in [6, 6.07) is 15.5. The fourth-order valence-electron chi connectivity index (χ4n) is 3.26. The maximum Gasteiger partial charge on any atom is 0.251 e. The van der Waals surface area contributed by atoms with E-state index in [1.807, 2.05) is 36.4 Å². The molecule has 1 aliphatic heterocycles. The van der Waals surface area contributed by atoms with E-state index in [1.165, 1.54) is 4.70 Å². The number of rotatable bonds is 8. The summed E-state index contributed by atoms with van der Waals surface area (Å²) >= 11 is 1.72. The van der Waals surface area contributed by atoms with Gasteiger partial charge in [-0.1, -0.05) is 18.2 Å². The Morgan fingerprint density at radius 1 is 1.25 bits per heavy atom. The molecule has 2 aromatic carbocycles. The summed E-state index contributed by atoms with van der Waals surface area (Å²) in [6.45, 7) is 1.97. The lowest BCUT2D eigenvalue weighted by Crippen LogP contribution is -2.24. The molecule has 0 saturated carbocycles. The van der Waals surface area contributed by atoms with Crippen molar-refractivity contribution in [3.8, 4) is 5.75 Å². The highest BCUT2D eigenvalue weighted by atomic mass is 32.1. The average Bonchev–Trinajstić information content (AvgIpc) is 3.39. The predicted octanol–water partition coefficient (Wildman–Crippen LogP) is 4.22. The molecule has 5 nitrogen and oxygen atoms in total. The number of aromatic nitrogens is 1. The maximum absolute atomic E-state index is 12.4. The molecule has 1 fully saturated rings. The van der Waals surface area contributed by atoms with E-state index in [1.54, 1.807) is 17.4 Å². The zero-order chi connectivity index (χ0) is 19.2. The number of carbonyl (C=O) groups excluding carboxylic acids is 1. The molecule has 4 rings (SSSR count). The molecule has 1 saturated heterocycles. The molecule has 3 aromatic rings. The van der Waals surface area contributed by atoms with Gasteiger partial charge in [-0.2, -0.15) is 0 Å². The third-order valence-electron chi connectivity index (χ3n) is 4.75. The first-order valence-corrected chi connectivity index (χ1v) is 10.6. The van der Waals surface area contributed by atoms with E-state index in [9.17, 15) is 4.79 Å². The number of fused-ring (bicyclic) bond motifs is 1. The Morgan fingerprint density at radius 2 is 2.18 bits per heavy atom. The number of para-hydroxylation sites is 1. The first kappa shape index (κ1) is 18.9. The van der Waals surface area contributed by atoms with E-state index in [0.717, 1.165) is 42.8 Å². The first-order valence-electron chi connectivity index (χ1n) is 9.75. The van der Waals surface area contributed by atoms with Crippen molar-refractivity contribution in [2.75, 3.05) is 19.8 Å². The number of hydrogen-bond donors (Lipinski definition) is 1. The highest BCUT2D eigenvalue weighted by Gasteiger charge is 2.16. The predicted molar refractivity (Wildman–Crippen MR) is 111 cm³/mol. The van der Waals surface area contributed by atoms with Gasteiger partial charge in [0.15, 0.2) is 0 Å². The molecular weight excluding hydrogens is 372 g/mol. The number of ether oxygens (including phenoxy) is 2. The number of thiazole rings is 1. The third-order valence-corrected chi connectivity index (χ3v) is 5.84. The van der Waals surface area contributed by atoms with E-state index in [4.69, 9.17) is 9.47 Å². The second-order valence-electron chi connectivity index (χ2n) is 6.91. The Labute approximate surface area is 168 Å². The molecule has 1 aliphatic rings. The van der Waals surface area contributed by atoms with E-state index >= 15 is 0 Å². The van der Waals surface area contributed by atoms with Crippen molar-refractivity contribution in [3.63, 3.8) is 0 Å². The van der Waals surface area contributed by atoms with Gasteiger partial charge < -0.3 is 14.8 Å². The van der Waals surface area contributed by atoms with Gasteiger partial charge in [-0.25, -0.2) is 4.98 Å². The number of hydrogen-bond acceptors (Lipinski definition) is 5. The molecule has 1 aromatic heterocycles. The Kier molecular flexibility index (Phi) is 6.19. The van der Waals surface area contributed by atoms with Crippen molar-refractivity contribution in [1.82, 2.24) is 10.3 Å². The number of aryl methyl sites for hydroxylation is 1. The number of carbonyl (C=O) groups is 1. The molecule has 28 heavy (non-hydrogen) atoms. The molecule has 6 heteroatoms. The largest absolute Gasteiger partial charge is 0.491 e. The van der Waals surface area contributed by atoms with E-state index < -0.39 is 0 Å². The second kappa shape index (κ2) is 9.17. The topological polar surface area (TPSA) is 60.5 Å². The molecule has 146 valence electrons. The smallest absolute Gasteiger partial charge is 0.251 e. The fourth-order valence-corrected chi connectivity index (χ4v) is 4.27. The van der Waals surface area contributed by atoms with Crippen LogP contribution in [0.15, 0.2) is 48.5 Å². The molecule has 0 aliphatic carbocycles. The zero-order valence-electron chi connectivity index (χ0n) is 15.7. The first-order chi connectivity index (χ1) is 13.8. The van der Waals surface area contributed by atoms with Gasteiger partial charge in [0.1, 0.15) is 12.4 Å². The minimum atomic E-state index is -0.0770. The Hall–Kier alpha value is -2.44. The third kappa shape index (κ3) is 4.88. The number of nitrogens with zero attached hydrogens (tertiary/aromatic N) is 1. The Morgan fingerprint density at radius 3 is 3.04 bits per heavy atom. The second-order valence-corrected chi connectivity index (χ2v) is 8.02. The normalized spacial score (nSPS) is 16.4. The highest BCUT2D eigenvalue weighted by molar-refractivity contribution is 7.18. The lowest BCUT2D eigenvalue weighted by molar-refractivity contribution is 0.0679. The van der Waals surface area contributed by atoms with Gasteiger partial charge in [0.05, 0.1) is 21.3 Å². The van der Waals surface area contributed by atoms with Crippen LogP contribution in [-0.2, 0) is 11.2 Å². The molecule has 1 N–H and O–H groups in total. The van der Waals surface area contributed by atoms with Gasteiger partial charge in [0.25, 0.3) is 5.91 Å². The van der Waals surface area contributed by atoms with Gasteiger partial charge in [0, 0.05) is 25.1 Å². The van der Waals surface area contributed by atoms with Crippen molar-refractivity contribution in [3.05, 3.63) is 59.1 Å². The maximum atomic E-state index is 12.4. The molecule has 2 heterocycles.